The van der Waals surface area contributed by atoms with Crippen LogP contribution in [0.3, 0.4) is 0 Å². The molecule has 0 aromatic carbocycles. The van der Waals surface area contributed by atoms with Crippen LogP contribution in [0.2, 0.25) is 0 Å². The van der Waals surface area contributed by atoms with Crippen molar-refractivity contribution >= 4 is 16.5 Å². The Kier molecular flexibility index (Phi) is 5.14. The molecule has 2 heterocycles. The number of nitrogens with zero attached hydrogens (tertiary/aromatic N) is 2. The average molecular weight is 309 g/mol. The molecular weight excluding hydrogens is 282 g/mol. The summed E-state index contributed by atoms with van der Waals surface area (Å²) >= 11 is 1.89. The normalized spacial score (nSPS) is 22.8. The minimum absolute atomic E-state index is 0.366. The predicted molar refractivity (Wildman–Crippen MR) is 88.2 cm³/mol. The Morgan fingerprint density at radius 2 is 2.24 bits per heavy atom. The molecule has 1 N–H and O–H groups in total. The molecule has 1 saturated carbocycles. The van der Waals surface area contributed by atoms with E-state index in [2.05, 4.69) is 17.1 Å². The van der Waals surface area contributed by atoms with Crippen molar-refractivity contribution in [3.05, 3.63) is 10.6 Å². The molecule has 1 aliphatic carbocycles. The van der Waals surface area contributed by atoms with Crippen molar-refractivity contribution in [3.63, 3.8) is 0 Å². The molecule has 1 atom stereocenters. The highest BCUT2D eigenvalue weighted by Crippen LogP contribution is 2.30. The third-order valence-electron chi connectivity index (χ3n) is 4.36. The van der Waals surface area contributed by atoms with Gasteiger partial charge < -0.3 is 15.0 Å². The zero-order valence-corrected chi connectivity index (χ0v) is 14.0. The Morgan fingerprint density at radius 3 is 2.95 bits per heavy atom. The topological polar surface area (TPSA) is 37.4 Å². The van der Waals surface area contributed by atoms with Crippen LogP contribution in [-0.2, 0) is 17.7 Å². The van der Waals surface area contributed by atoms with E-state index in [1.165, 1.54) is 47.8 Å². The maximum atomic E-state index is 5.54. The van der Waals surface area contributed by atoms with E-state index in [4.69, 9.17) is 9.72 Å². The Labute approximate surface area is 131 Å². The van der Waals surface area contributed by atoms with E-state index in [1.807, 2.05) is 18.4 Å². The molecule has 1 aliphatic heterocycles. The first-order valence-electron chi connectivity index (χ1n) is 8.29. The second kappa shape index (κ2) is 7.07. The van der Waals surface area contributed by atoms with Crippen molar-refractivity contribution < 1.29 is 4.74 Å². The number of aromatic nitrogens is 1. The van der Waals surface area contributed by atoms with Gasteiger partial charge in [-0.15, -0.1) is 11.3 Å². The fraction of sp³-hybridized carbons (Fsp3) is 0.812. The van der Waals surface area contributed by atoms with Crippen LogP contribution >= 0.6 is 11.3 Å². The molecule has 0 bridgehead atoms. The number of nitrogens with one attached hydrogen (secondary N) is 1. The highest BCUT2D eigenvalue weighted by molar-refractivity contribution is 7.15. The number of ether oxygens (including phenoxy) is 1. The second-order valence-electron chi connectivity index (χ2n) is 6.22. The quantitative estimate of drug-likeness (QED) is 0.840. The number of methoxy groups -OCH3 is 1. The van der Waals surface area contributed by atoms with Crippen LogP contribution in [0.5, 0.6) is 0 Å². The summed E-state index contributed by atoms with van der Waals surface area (Å²) < 4.78 is 5.54. The summed E-state index contributed by atoms with van der Waals surface area (Å²) in [7, 11) is 1.82. The van der Waals surface area contributed by atoms with Gasteiger partial charge in [0.05, 0.1) is 11.8 Å². The van der Waals surface area contributed by atoms with E-state index in [0.717, 1.165) is 32.1 Å². The minimum atomic E-state index is 0.366. The summed E-state index contributed by atoms with van der Waals surface area (Å²) in [6.45, 7) is 5.34. The molecule has 4 nitrogen and oxygen atoms in total. The van der Waals surface area contributed by atoms with Crippen LogP contribution in [0.15, 0.2) is 0 Å². The van der Waals surface area contributed by atoms with E-state index in [1.54, 1.807) is 0 Å². The zero-order chi connectivity index (χ0) is 14.7. The minimum Gasteiger partial charge on any atom is -0.380 e. The number of aryl methyl sites for hydroxylation is 1. The Hall–Kier alpha value is -0.650. The summed E-state index contributed by atoms with van der Waals surface area (Å²) in [5.74, 6) is 0. The SMILES string of the molecule is CCCc1nc(N2CCCC(OC)C2)sc1CNC1CC1. The molecule has 2 fully saturated rings. The van der Waals surface area contributed by atoms with Crippen molar-refractivity contribution in [1.82, 2.24) is 10.3 Å². The maximum absolute atomic E-state index is 5.54. The molecule has 21 heavy (non-hydrogen) atoms. The molecule has 0 radical (unpaired) electrons. The van der Waals surface area contributed by atoms with Gasteiger partial charge in [0.15, 0.2) is 5.13 Å². The summed E-state index contributed by atoms with van der Waals surface area (Å²) in [6.07, 6.45) is 7.70. The molecule has 0 amide bonds. The number of rotatable bonds is 7. The first kappa shape index (κ1) is 15.3. The molecule has 0 spiro atoms. The number of hydrogen-bond acceptors (Lipinski definition) is 5. The van der Waals surface area contributed by atoms with Crippen LogP contribution in [-0.4, -0.2) is 37.3 Å². The summed E-state index contributed by atoms with van der Waals surface area (Å²) in [5.41, 5.74) is 1.31. The number of thiazole rings is 1. The predicted octanol–water partition coefficient (Wildman–Crippen LogP) is 2.96. The Balaban J connectivity index is 1.69. The van der Waals surface area contributed by atoms with E-state index in [9.17, 15) is 0 Å². The fourth-order valence-electron chi connectivity index (χ4n) is 2.90. The Bertz CT molecular complexity index is 458. The fourth-order valence-corrected chi connectivity index (χ4v) is 4.00. The highest BCUT2D eigenvalue weighted by atomic mass is 32.1. The second-order valence-corrected chi connectivity index (χ2v) is 7.28. The molecule has 1 aromatic rings. The van der Waals surface area contributed by atoms with Crippen molar-refractivity contribution in [2.75, 3.05) is 25.1 Å². The molecule has 1 aromatic heterocycles. The third-order valence-corrected chi connectivity index (χ3v) is 5.52. The van der Waals surface area contributed by atoms with E-state index < -0.39 is 0 Å². The molecule has 1 saturated heterocycles. The van der Waals surface area contributed by atoms with Gasteiger partial charge in [-0.25, -0.2) is 4.98 Å². The van der Waals surface area contributed by atoms with Crippen molar-refractivity contribution in [3.8, 4) is 0 Å². The first-order valence-corrected chi connectivity index (χ1v) is 9.11. The highest BCUT2D eigenvalue weighted by Gasteiger charge is 2.25. The van der Waals surface area contributed by atoms with Gasteiger partial charge in [0.1, 0.15) is 0 Å². The largest absolute Gasteiger partial charge is 0.380 e. The molecule has 118 valence electrons. The lowest BCUT2D eigenvalue weighted by atomic mass is 10.1. The molecule has 2 aliphatic rings. The van der Waals surface area contributed by atoms with Crippen LogP contribution < -0.4 is 10.2 Å². The summed E-state index contributed by atoms with van der Waals surface area (Å²) in [6, 6.07) is 0.762. The zero-order valence-electron chi connectivity index (χ0n) is 13.2. The van der Waals surface area contributed by atoms with Gasteiger partial charge in [0, 0.05) is 37.7 Å². The molecule has 3 rings (SSSR count). The smallest absolute Gasteiger partial charge is 0.185 e. The monoisotopic (exact) mass is 309 g/mol. The number of piperidine rings is 1. The summed E-state index contributed by atoms with van der Waals surface area (Å²) in [5, 5.41) is 4.84. The number of hydrogen-bond donors (Lipinski definition) is 1. The van der Waals surface area contributed by atoms with E-state index in [-0.39, 0.29) is 0 Å². The third kappa shape index (κ3) is 3.96. The molecule has 1 unspecified atom stereocenters. The van der Waals surface area contributed by atoms with Gasteiger partial charge in [0.2, 0.25) is 0 Å². The van der Waals surface area contributed by atoms with Crippen molar-refractivity contribution in [2.24, 2.45) is 0 Å². The van der Waals surface area contributed by atoms with E-state index >= 15 is 0 Å². The van der Waals surface area contributed by atoms with E-state index in [0.29, 0.717) is 6.10 Å². The average Bonchev–Trinajstić information content (AvgIpc) is 3.26. The van der Waals surface area contributed by atoms with Crippen molar-refractivity contribution in [2.45, 2.75) is 64.1 Å². The van der Waals surface area contributed by atoms with Crippen LogP contribution in [0.1, 0.15) is 49.6 Å². The van der Waals surface area contributed by atoms with Gasteiger partial charge in [0.25, 0.3) is 0 Å². The first-order chi connectivity index (χ1) is 10.3. The van der Waals surface area contributed by atoms with Gasteiger partial charge in [-0.1, -0.05) is 13.3 Å². The molecule has 5 heteroatoms. The van der Waals surface area contributed by atoms with Crippen molar-refractivity contribution in [1.29, 1.82) is 0 Å². The van der Waals surface area contributed by atoms with Crippen LogP contribution in [0.4, 0.5) is 5.13 Å². The Morgan fingerprint density at radius 1 is 1.38 bits per heavy atom. The van der Waals surface area contributed by atoms with Gasteiger partial charge in [-0.3, -0.25) is 0 Å². The number of anilines is 1. The van der Waals surface area contributed by atoms with Gasteiger partial charge in [-0.2, -0.15) is 0 Å². The maximum Gasteiger partial charge on any atom is 0.185 e. The van der Waals surface area contributed by atoms with Gasteiger partial charge >= 0.3 is 0 Å². The van der Waals surface area contributed by atoms with Crippen LogP contribution in [0.25, 0.3) is 0 Å². The van der Waals surface area contributed by atoms with Crippen LogP contribution in [0, 0.1) is 0 Å². The lowest BCUT2D eigenvalue weighted by Crippen LogP contribution is -2.39. The lowest BCUT2D eigenvalue weighted by Gasteiger charge is -2.31. The molecular formula is C16H27N3OS. The lowest BCUT2D eigenvalue weighted by molar-refractivity contribution is 0.0893. The van der Waals surface area contributed by atoms with Gasteiger partial charge in [-0.05, 0) is 32.1 Å². The summed E-state index contributed by atoms with van der Waals surface area (Å²) in [4.78, 5) is 8.80. The standard InChI is InChI=1S/C16H27N3OS/c1-3-5-14-15(10-17-12-7-8-12)21-16(18-14)19-9-4-6-13(11-19)20-2/h12-13,17H,3-11H2,1-2H3.